The average Bonchev–Trinajstić information content (AvgIpc) is 2.37. The van der Waals surface area contributed by atoms with E-state index in [4.69, 9.17) is 10.2 Å². The predicted molar refractivity (Wildman–Crippen MR) is 69.9 cm³/mol. The predicted octanol–water partition coefficient (Wildman–Crippen LogP) is -0.442. The Morgan fingerprint density at radius 2 is 2.11 bits per heavy atom. The summed E-state index contributed by atoms with van der Waals surface area (Å²) in [5.41, 5.74) is 0. The van der Waals surface area contributed by atoms with Gasteiger partial charge in [-0.05, 0) is 13.5 Å². The lowest BCUT2D eigenvalue weighted by molar-refractivity contribution is -0.139. The summed E-state index contributed by atoms with van der Waals surface area (Å²) in [6.07, 6.45) is 0.0194. The van der Waals surface area contributed by atoms with Gasteiger partial charge in [-0.25, -0.2) is 9.59 Å². The maximum atomic E-state index is 12.0. The molecule has 2 amide bonds. The number of nitrogens with one attached hydrogen (secondary N) is 1. The van der Waals surface area contributed by atoms with Gasteiger partial charge in [0.25, 0.3) is 0 Å². The van der Waals surface area contributed by atoms with Crippen LogP contribution in [-0.2, 0) is 4.79 Å². The van der Waals surface area contributed by atoms with Crippen molar-refractivity contribution >= 4 is 12.0 Å². The van der Waals surface area contributed by atoms with Crippen LogP contribution in [0.25, 0.3) is 0 Å². The molecule has 0 aliphatic carbocycles. The van der Waals surface area contributed by atoms with Crippen LogP contribution in [0.15, 0.2) is 0 Å². The minimum Gasteiger partial charge on any atom is -0.480 e. The van der Waals surface area contributed by atoms with Gasteiger partial charge >= 0.3 is 12.0 Å². The zero-order chi connectivity index (χ0) is 14.4. The Morgan fingerprint density at radius 1 is 1.42 bits per heavy atom. The molecule has 1 rings (SSSR count). The Balaban J connectivity index is 2.51. The summed E-state index contributed by atoms with van der Waals surface area (Å²) in [6, 6.07) is -1.13. The monoisotopic (exact) mass is 273 g/mol. The van der Waals surface area contributed by atoms with Crippen LogP contribution < -0.4 is 5.32 Å². The molecular weight excluding hydrogens is 250 g/mol. The Labute approximate surface area is 113 Å². The number of rotatable bonds is 5. The lowest BCUT2D eigenvalue weighted by atomic mass is 10.2. The van der Waals surface area contributed by atoms with Crippen LogP contribution in [0.5, 0.6) is 0 Å². The largest absolute Gasteiger partial charge is 0.480 e. The van der Waals surface area contributed by atoms with Crippen molar-refractivity contribution in [1.29, 1.82) is 0 Å². The van der Waals surface area contributed by atoms with Crippen LogP contribution in [0.3, 0.4) is 0 Å². The average molecular weight is 273 g/mol. The standard InChI is InChI=1S/C12H23N3O4/c1-3-14-5-6-15(8-9(14)2)12(19)13-10(4-7-16)11(17)18/h9-10,16H,3-8H2,1-2H3,(H,13,19)(H,17,18)/t9?,10-/m0/s1. The molecule has 0 radical (unpaired) electrons. The fraction of sp³-hybridized carbons (Fsp3) is 0.833. The van der Waals surface area contributed by atoms with Crippen LogP contribution >= 0.6 is 0 Å². The third-order valence-corrected chi connectivity index (χ3v) is 3.47. The van der Waals surface area contributed by atoms with Crippen LogP contribution in [0.2, 0.25) is 0 Å². The number of hydrogen-bond acceptors (Lipinski definition) is 4. The van der Waals surface area contributed by atoms with E-state index in [0.717, 1.165) is 13.1 Å². The molecule has 0 bridgehead atoms. The summed E-state index contributed by atoms with van der Waals surface area (Å²) in [5, 5.41) is 20.2. The van der Waals surface area contributed by atoms with E-state index in [1.54, 1.807) is 4.90 Å². The van der Waals surface area contributed by atoms with Gasteiger partial charge < -0.3 is 20.4 Å². The van der Waals surface area contributed by atoms with Gasteiger partial charge in [0.15, 0.2) is 0 Å². The number of piperazine rings is 1. The van der Waals surface area contributed by atoms with Crippen molar-refractivity contribution < 1.29 is 19.8 Å². The first-order valence-electron chi connectivity index (χ1n) is 6.62. The van der Waals surface area contributed by atoms with Crippen LogP contribution in [0.4, 0.5) is 4.79 Å². The topological polar surface area (TPSA) is 93.1 Å². The number of aliphatic hydroxyl groups is 1. The van der Waals surface area contributed by atoms with Gasteiger partial charge in [0.1, 0.15) is 6.04 Å². The number of aliphatic hydroxyl groups excluding tert-OH is 1. The first kappa shape index (κ1) is 15.7. The first-order chi connectivity index (χ1) is 8.99. The highest BCUT2D eigenvalue weighted by Gasteiger charge is 2.28. The third-order valence-electron chi connectivity index (χ3n) is 3.47. The molecular formula is C12H23N3O4. The Hall–Kier alpha value is -1.34. The number of hydrogen-bond donors (Lipinski definition) is 3. The summed E-state index contributed by atoms with van der Waals surface area (Å²) in [7, 11) is 0. The first-order valence-corrected chi connectivity index (χ1v) is 6.62. The van der Waals surface area contributed by atoms with Gasteiger partial charge in [-0.2, -0.15) is 0 Å². The molecule has 0 aromatic rings. The van der Waals surface area contributed by atoms with Gasteiger partial charge in [-0.15, -0.1) is 0 Å². The molecule has 1 unspecified atom stereocenters. The number of amides is 2. The quantitative estimate of drug-likeness (QED) is 0.631. The molecule has 1 aliphatic heterocycles. The Bertz CT molecular complexity index is 324. The van der Waals surface area contributed by atoms with Crippen LogP contribution in [-0.4, -0.2) is 76.9 Å². The molecule has 3 N–H and O–H groups in total. The molecule has 0 spiro atoms. The lowest BCUT2D eigenvalue weighted by Gasteiger charge is -2.39. The highest BCUT2D eigenvalue weighted by Crippen LogP contribution is 2.09. The number of urea groups is 1. The summed E-state index contributed by atoms with van der Waals surface area (Å²) in [5.74, 6) is -1.12. The van der Waals surface area contributed by atoms with Crippen molar-refractivity contribution in [3.05, 3.63) is 0 Å². The normalized spacial score (nSPS) is 22.1. The number of aliphatic carboxylic acids is 1. The molecule has 2 atom stereocenters. The fourth-order valence-corrected chi connectivity index (χ4v) is 2.28. The van der Waals surface area contributed by atoms with Crippen molar-refractivity contribution in [2.24, 2.45) is 0 Å². The number of likely N-dealkylation sites (N-methyl/N-ethyl adjacent to an activating group) is 1. The van der Waals surface area contributed by atoms with E-state index in [0.29, 0.717) is 13.1 Å². The maximum Gasteiger partial charge on any atom is 0.326 e. The van der Waals surface area contributed by atoms with Gasteiger partial charge in [-0.1, -0.05) is 6.92 Å². The number of nitrogens with zero attached hydrogens (tertiary/aromatic N) is 2. The van der Waals surface area contributed by atoms with Crippen LogP contribution in [0.1, 0.15) is 20.3 Å². The van der Waals surface area contributed by atoms with E-state index in [-0.39, 0.29) is 25.1 Å². The maximum absolute atomic E-state index is 12.0. The van der Waals surface area contributed by atoms with E-state index in [1.165, 1.54) is 0 Å². The minimum absolute atomic E-state index is 0.0194. The summed E-state index contributed by atoms with van der Waals surface area (Å²) in [6.45, 7) is 6.78. The molecule has 1 aliphatic rings. The molecule has 0 aromatic heterocycles. The van der Waals surface area contributed by atoms with Crippen molar-refractivity contribution in [2.45, 2.75) is 32.4 Å². The zero-order valence-corrected chi connectivity index (χ0v) is 11.5. The number of carbonyl (C=O) groups excluding carboxylic acids is 1. The van der Waals surface area contributed by atoms with Crippen molar-refractivity contribution in [3.63, 3.8) is 0 Å². The van der Waals surface area contributed by atoms with Crippen molar-refractivity contribution in [1.82, 2.24) is 15.1 Å². The summed E-state index contributed by atoms with van der Waals surface area (Å²) >= 11 is 0. The summed E-state index contributed by atoms with van der Waals surface area (Å²) < 4.78 is 0. The fourth-order valence-electron chi connectivity index (χ4n) is 2.28. The van der Waals surface area contributed by atoms with Crippen molar-refractivity contribution in [2.75, 3.05) is 32.8 Å². The van der Waals surface area contributed by atoms with E-state index in [9.17, 15) is 9.59 Å². The molecule has 19 heavy (non-hydrogen) atoms. The Kier molecular flexibility index (Phi) is 6.04. The SMILES string of the molecule is CCN1CCN(C(=O)N[C@@H](CCO)C(=O)O)CC1C. The van der Waals surface area contributed by atoms with E-state index < -0.39 is 12.0 Å². The second-order valence-corrected chi connectivity index (χ2v) is 4.78. The molecule has 1 fully saturated rings. The second kappa shape index (κ2) is 7.30. The molecule has 1 heterocycles. The number of carbonyl (C=O) groups is 2. The third kappa shape index (κ3) is 4.36. The van der Waals surface area contributed by atoms with E-state index >= 15 is 0 Å². The lowest BCUT2D eigenvalue weighted by Crippen LogP contribution is -2.57. The molecule has 7 nitrogen and oxygen atoms in total. The number of carboxylic acids is 1. The second-order valence-electron chi connectivity index (χ2n) is 4.78. The van der Waals surface area contributed by atoms with Gasteiger partial charge in [0.2, 0.25) is 0 Å². The molecule has 1 saturated heterocycles. The van der Waals surface area contributed by atoms with Gasteiger partial charge in [-0.3, -0.25) is 4.90 Å². The molecule has 7 heteroatoms. The molecule has 110 valence electrons. The highest BCUT2D eigenvalue weighted by atomic mass is 16.4. The van der Waals surface area contributed by atoms with Crippen molar-refractivity contribution in [3.8, 4) is 0 Å². The Morgan fingerprint density at radius 3 is 2.58 bits per heavy atom. The molecule has 0 saturated carbocycles. The van der Waals surface area contributed by atoms with Gasteiger partial charge in [0.05, 0.1) is 0 Å². The summed E-state index contributed by atoms with van der Waals surface area (Å²) in [4.78, 5) is 26.8. The zero-order valence-electron chi connectivity index (χ0n) is 11.5. The van der Waals surface area contributed by atoms with Gasteiger partial charge in [0, 0.05) is 38.7 Å². The highest BCUT2D eigenvalue weighted by molar-refractivity contribution is 5.82. The number of carboxylic acid groups (broad SMARTS) is 1. The minimum atomic E-state index is -1.12. The van der Waals surface area contributed by atoms with E-state index in [1.807, 2.05) is 6.92 Å². The molecule has 0 aromatic carbocycles. The van der Waals surface area contributed by atoms with E-state index in [2.05, 4.69) is 17.1 Å². The van der Waals surface area contributed by atoms with Crippen LogP contribution in [0, 0.1) is 0 Å². The smallest absolute Gasteiger partial charge is 0.326 e.